The second-order valence-corrected chi connectivity index (χ2v) is 9.81. The van der Waals surface area contributed by atoms with Crippen LogP contribution in [0.15, 0.2) is 24.3 Å². The fraction of sp³-hybridized carbons (Fsp3) is 0.556. The van der Waals surface area contributed by atoms with Gasteiger partial charge in [-0.3, -0.25) is 0 Å². The van der Waals surface area contributed by atoms with Crippen molar-refractivity contribution in [3.63, 3.8) is 0 Å². The van der Waals surface area contributed by atoms with Crippen molar-refractivity contribution in [3.8, 4) is 23.0 Å². The van der Waals surface area contributed by atoms with Crippen molar-refractivity contribution in [2.45, 2.75) is 83.5 Å². The Labute approximate surface area is 185 Å². The summed E-state index contributed by atoms with van der Waals surface area (Å²) in [5.41, 5.74) is 2.60. The smallest absolute Gasteiger partial charge is 0.123 e. The number of rotatable bonds is 4. The van der Waals surface area contributed by atoms with E-state index in [0.29, 0.717) is 0 Å². The van der Waals surface area contributed by atoms with Crippen molar-refractivity contribution in [2.75, 3.05) is 0 Å². The Morgan fingerprint density at radius 3 is 1.23 bits per heavy atom. The lowest BCUT2D eigenvalue weighted by molar-refractivity contribution is 0.127. The fourth-order valence-electron chi connectivity index (χ4n) is 8.07. The first-order valence-corrected chi connectivity index (χ1v) is 11.8. The highest BCUT2D eigenvalue weighted by Gasteiger charge is 2.68. The normalized spacial score (nSPS) is 27.4. The average Bonchev–Trinajstić information content (AvgIpc) is 3.07. The lowest BCUT2D eigenvalue weighted by atomic mass is 9.56. The van der Waals surface area contributed by atoms with Gasteiger partial charge >= 0.3 is 0 Å². The molecule has 4 heteroatoms. The van der Waals surface area contributed by atoms with Crippen molar-refractivity contribution in [1.29, 1.82) is 0 Å². The van der Waals surface area contributed by atoms with Crippen LogP contribution in [0.1, 0.15) is 89.5 Å². The first-order valence-electron chi connectivity index (χ1n) is 11.8. The maximum Gasteiger partial charge on any atom is 0.123 e. The monoisotopic (exact) mass is 424 g/mol. The molecule has 2 aliphatic rings. The van der Waals surface area contributed by atoms with E-state index in [1.54, 1.807) is 0 Å². The third kappa shape index (κ3) is 2.26. The molecule has 2 aromatic carbocycles. The van der Waals surface area contributed by atoms with Crippen molar-refractivity contribution < 1.29 is 20.4 Å². The van der Waals surface area contributed by atoms with E-state index in [1.807, 2.05) is 12.1 Å². The van der Waals surface area contributed by atoms with E-state index in [-0.39, 0.29) is 45.7 Å². The molecule has 4 N–H and O–H groups in total. The summed E-state index contributed by atoms with van der Waals surface area (Å²) in [5, 5.41) is 43.4. The van der Waals surface area contributed by atoms with Crippen LogP contribution in [0.5, 0.6) is 23.0 Å². The summed E-state index contributed by atoms with van der Waals surface area (Å²) in [6, 6.07) is 6.54. The Hall–Kier alpha value is -2.36. The van der Waals surface area contributed by atoms with Crippen molar-refractivity contribution in [2.24, 2.45) is 11.8 Å². The SMILES string of the molecule is CCC1(CC)c2cc(O)cc(O)c2C2(c3c(O)cc(O)cc3C(CC)(CC)C2C)C1C. The van der Waals surface area contributed by atoms with Gasteiger partial charge in [0.2, 0.25) is 0 Å². The molecule has 0 aliphatic heterocycles. The van der Waals surface area contributed by atoms with Gasteiger partial charge in [0.25, 0.3) is 0 Å². The molecule has 0 fully saturated rings. The molecule has 0 bridgehead atoms. The van der Waals surface area contributed by atoms with Crippen LogP contribution in [0.25, 0.3) is 0 Å². The molecule has 1 spiro atoms. The highest BCUT2D eigenvalue weighted by molar-refractivity contribution is 5.70. The largest absolute Gasteiger partial charge is 0.508 e. The molecule has 2 atom stereocenters. The van der Waals surface area contributed by atoms with Gasteiger partial charge in [-0.25, -0.2) is 0 Å². The maximum absolute atomic E-state index is 11.3. The van der Waals surface area contributed by atoms with Crippen molar-refractivity contribution >= 4 is 0 Å². The van der Waals surface area contributed by atoms with E-state index >= 15 is 0 Å². The van der Waals surface area contributed by atoms with E-state index in [9.17, 15) is 20.4 Å². The van der Waals surface area contributed by atoms with Crippen LogP contribution >= 0.6 is 0 Å². The van der Waals surface area contributed by atoms with Crippen LogP contribution < -0.4 is 0 Å². The van der Waals surface area contributed by atoms with E-state index < -0.39 is 5.41 Å². The van der Waals surface area contributed by atoms with E-state index in [4.69, 9.17) is 0 Å². The van der Waals surface area contributed by atoms with Gasteiger partial charge in [-0.1, -0.05) is 41.5 Å². The van der Waals surface area contributed by atoms with Crippen LogP contribution in [0, 0.1) is 11.8 Å². The van der Waals surface area contributed by atoms with Crippen LogP contribution in [0.3, 0.4) is 0 Å². The molecule has 0 saturated carbocycles. The summed E-state index contributed by atoms with van der Waals surface area (Å²) in [7, 11) is 0. The highest BCUT2D eigenvalue weighted by Crippen LogP contribution is 2.73. The molecule has 0 heterocycles. The minimum absolute atomic E-state index is 0.0739. The van der Waals surface area contributed by atoms with Gasteiger partial charge in [0.05, 0.1) is 0 Å². The first kappa shape index (κ1) is 21.9. The molecule has 0 saturated heterocycles. The molecule has 0 radical (unpaired) electrons. The van der Waals surface area contributed by atoms with Crippen molar-refractivity contribution in [1.82, 2.24) is 0 Å². The Kier molecular flexibility index (Phi) is 4.81. The second-order valence-electron chi connectivity index (χ2n) is 9.81. The van der Waals surface area contributed by atoms with Crippen LogP contribution in [-0.2, 0) is 16.2 Å². The topological polar surface area (TPSA) is 80.9 Å². The Morgan fingerprint density at radius 2 is 0.935 bits per heavy atom. The molecular formula is C27H36O4. The summed E-state index contributed by atoms with van der Waals surface area (Å²) in [4.78, 5) is 0. The fourth-order valence-corrected chi connectivity index (χ4v) is 8.07. The molecule has 168 valence electrons. The lowest BCUT2D eigenvalue weighted by Gasteiger charge is -2.46. The minimum atomic E-state index is -0.613. The number of hydrogen-bond acceptors (Lipinski definition) is 4. The predicted octanol–water partition coefficient (Wildman–Crippen LogP) is 6.21. The first-order chi connectivity index (χ1) is 14.6. The van der Waals surface area contributed by atoms with Gasteiger partial charge in [0.1, 0.15) is 23.0 Å². The van der Waals surface area contributed by atoms with Gasteiger partial charge in [-0.2, -0.15) is 0 Å². The zero-order valence-corrected chi connectivity index (χ0v) is 19.6. The molecule has 2 unspecified atom stereocenters. The minimum Gasteiger partial charge on any atom is -0.508 e. The third-order valence-electron chi connectivity index (χ3n) is 9.65. The second kappa shape index (κ2) is 6.82. The van der Waals surface area contributed by atoms with E-state index in [1.165, 1.54) is 12.1 Å². The Morgan fingerprint density at radius 1 is 0.613 bits per heavy atom. The van der Waals surface area contributed by atoms with Gasteiger partial charge in [0.15, 0.2) is 0 Å². The summed E-state index contributed by atoms with van der Waals surface area (Å²) >= 11 is 0. The zero-order chi connectivity index (χ0) is 22.9. The van der Waals surface area contributed by atoms with Gasteiger partial charge in [-0.15, -0.1) is 0 Å². The third-order valence-corrected chi connectivity index (χ3v) is 9.65. The van der Waals surface area contributed by atoms with E-state index in [0.717, 1.165) is 47.9 Å². The molecule has 2 aliphatic carbocycles. The molecule has 4 nitrogen and oxygen atoms in total. The molecule has 0 amide bonds. The molecule has 2 aromatic rings. The standard InChI is InChI=1S/C27H36O4/c1-7-25(8-2)15(5)27(23-19(25)11-17(28)13-21(23)30)16(6)26(9-3,10-4)20-12-18(29)14-22(31)24(20)27/h11-16,28-31H,7-10H2,1-6H3. The summed E-state index contributed by atoms with van der Waals surface area (Å²) in [6.07, 6.45) is 3.48. The lowest BCUT2D eigenvalue weighted by Crippen LogP contribution is -2.45. The van der Waals surface area contributed by atoms with Crippen LogP contribution in [0.2, 0.25) is 0 Å². The number of benzene rings is 2. The number of hydrogen-bond donors (Lipinski definition) is 4. The average molecular weight is 425 g/mol. The predicted molar refractivity (Wildman–Crippen MR) is 123 cm³/mol. The summed E-state index contributed by atoms with van der Waals surface area (Å²) in [6.45, 7) is 13.2. The molecule has 31 heavy (non-hydrogen) atoms. The molecule has 0 aromatic heterocycles. The zero-order valence-electron chi connectivity index (χ0n) is 19.6. The number of fused-ring (bicyclic) bond motifs is 4. The summed E-state index contributed by atoms with van der Waals surface area (Å²) in [5.74, 6) is 0.510. The Bertz CT molecular complexity index is 947. The van der Waals surface area contributed by atoms with Gasteiger partial charge < -0.3 is 20.4 Å². The molecular weight excluding hydrogens is 388 g/mol. The van der Waals surface area contributed by atoms with E-state index in [2.05, 4.69) is 41.5 Å². The molecule has 4 rings (SSSR count). The Balaban J connectivity index is 2.24. The van der Waals surface area contributed by atoms with Crippen molar-refractivity contribution in [3.05, 3.63) is 46.5 Å². The number of phenols is 4. The quantitative estimate of drug-likeness (QED) is 0.470. The van der Waals surface area contributed by atoms with Gasteiger partial charge in [-0.05, 0) is 71.6 Å². The van der Waals surface area contributed by atoms with Crippen LogP contribution in [-0.4, -0.2) is 20.4 Å². The highest BCUT2D eigenvalue weighted by atomic mass is 16.3. The van der Waals surface area contributed by atoms with Crippen LogP contribution in [0.4, 0.5) is 0 Å². The number of phenolic OH excluding ortho intramolecular Hbond substituents is 4. The summed E-state index contributed by atoms with van der Waals surface area (Å²) < 4.78 is 0. The maximum atomic E-state index is 11.3. The number of aromatic hydroxyl groups is 4. The van der Waals surface area contributed by atoms with Gasteiger partial charge in [0, 0.05) is 28.7 Å².